The largest absolute Gasteiger partial charge is 0.322 e. The molecule has 0 saturated heterocycles. The Morgan fingerprint density at radius 2 is 2.27 bits per heavy atom. The summed E-state index contributed by atoms with van der Waals surface area (Å²) in [5.41, 5.74) is 7.69. The maximum absolute atomic E-state index is 6.09. The molecule has 1 aliphatic carbocycles. The number of hydrogen-bond acceptors (Lipinski definition) is 2. The first kappa shape index (κ1) is 7.32. The molecule has 11 heavy (non-hydrogen) atoms. The second-order valence-corrected chi connectivity index (χ2v) is 3.91. The van der Waals surface area contributed by atoms with Crippen LogP contribution in [0, 0.1) is 0 Å². The minimum Gasteiger partial charge on any atom is -0.322 e. The molecule has 1 saturated carbocycles. The molecular formula is C9H16N2. The van der Waals surface area contributed by atoms with Crippen LogP contribution in [0.5, 0.6) is 0 Å². The van der Waals surface area contributed by atoms with Crippen LogP contribution < -0.4 is 5.73 Å². The van der Waals surface area contributed by atoms with Gasteiger partial charge in [-0.25, -0.2) is 0 Å². The van der Waals surface area contributed by atoms with Gasteiger partial charge in [-0.3, -0.25) is 0 Å². The van der Waals surface area contributed by atoms with E-state index in [0.29, 0.717) is 0 Å². The third kappa shape index (κ3) is 1.33. The molecule has 0 spiro atoms. The molecule has 0 aromatic carbocycles. The molecule has 1 heterocycles. The Morgan fingerprint density at radius 1 is 1.55 bits per heavy atom. The smallest absolute Gasteiger partial charge is 0.0383 e. The quantitative estimate of drug-likeness (QED) is 0.561. The van der Waals surface area contributed by atoms with Crippen LogP contribution in [0.15, 0.2) is 11.6 Å². The van der Waals surface area contributed by atoms with Gasteiger partial charge in [0, 0.05) is 18.6 Å². The number of nitrogens with two attached hydrogens (primary N) is 1. The van der Waals surface area contributed by atoms with Crippen molar-refractivity contribution < 1.29 is 0 Å². The molecule has 2 rings (SSSR count). The Hall–Kier alpha value is -0.340. The van der Waals surface area contributed by atoms with E-state index in [1.807, 2.05) is 0 Å². The van der Waals surface area contributed by atoms with Crippen molar-refractivity contribution in [2.24, 2.45) is 5.73 Å². The average Bonchev–Trinajstić information content (AvgIpc) is 2.70. The van der Waals surface area contributed by atoms with E-state index >= 15 is 0 Å². The second kappa shape index (κ2) is 2.32. The maximum atomic E-state index is 6.09. The first-order valence-electron chi connectivity index (χ1n) is 4.38. The molecule has 2 N–H and O–H groups in total. The molecule has 2 heteroatoms. The van der Waals surface area contributed by atoms with Crippen molar-refractivity contribution >= 4 is 0 Å². The summed E-state index contributed by atoms with van der Waals surface area (Å²) in [6.07, 6.45) is 5.93. The Kier molecular flexibility index (Phi) is 1.55. The summed E-state index contributed by atoms with van der Waals surface area (Å²) < 4.78 is 0. The minimum absolute atomic E-state index is 0.120. The van der Waals surface area contributed by atoms with Crippen LogP contribution in [0.2, 0.25) is 0 Å². The van der Waals surface area contributed by atoms with Crippen LogP contribution in [0.1, 0.15) is 19.3 Å². The molecular weight excluding hydrogens is 136 g/mol. The Bertz CT molecular complexity index is 192. The summed E-state index contributed by atoms with van der Waals surface area (Å²) >= 11 is 0. The van der Waals surface area contributed by atoms with Gasteiger partial charge in [0.05, 0.1) is 0 Å². The molecule has 0 radical (unpaired) electrons. The summed E-state index contributed by atoms with van der Waals surface area (Å²) in [7, 11) is 2.17. The molecule has 62 valence electrons. The lowest BCUT2D eigenvalue weighted by Crippen LogP contribution is -2.35. The third-order valence-corrected chi connectivity index (χ3v) is 2.77. The van der Waals surface area contributed by atoms with E-state index in [0.717, 1.165) is 6.54 Å². The number of rotatable bonds is 1. The summed E-state index contributed by atoms with van der Waals surface area (Å²) in [6, 6.07) is 0. The zero-order valence-corrected chi connectivity index (χ0v) is 7.14. The predicted molar refractivity (Wildman–Crippen MR) is 46.3 cm³/mol. The molecule has 0 bridgehead atoms. The lowest BCUT2D eigenvalue weighted by Gasteiger charge is -2.26. The standard InChI is InChI=1S/C9H16N2/c1-11-6-2-3-8(7-11)9(10)4-5-9/h3H,2,4-7,10H2,1H3. The van der Waals surface area contributed by atoms with Crippen molar-refractivity contribution in [3.63, 3.8) is 0 Å². The monoisotopic (exact) mass is 152 g/mol. The van der Waals surface area contributed by atoms with Gasteiger partial charge in [0.1, 0.15) is 0 Å². The van der Waals surface area contributed by atoms with Gasteiger partial charge in [0.15, 0.2) is 0 Å². The summed E-state index contributed by atoms with van der Waals surface area (Å²) in [5, 5.41) is 0. The van der Waals surface area contributed by atoms with E-state index in [2.05, 4.69) is 18.0 Å². The lowest BCUT2D eigenvalue weighted by atomic mass is 10.0. The first-order valence-corrected chi connectivity index (χ1v) is 4.38. The van der Waals surface area contributed by atoms with Crippen molar-refractivity contribution in [3.05, 3.63) is 11.6 Å². The fourth-order valence-corrected chi connectivity index (χ4v) is 1.71. The van der Waals surface area contributed by atoms with Gasteiger partial charge in [0.2, 0.25) is 0 Å². The zero-order chi connectivity index (χ0) is 7.90. The predicted octanol–water partition coefficient (Wildman–Crippen LogP) is 0.740. The highest BCUT2D eigenvalue weighted by Gasteiger charge is 2.42. The molecule has 2 nitrogen and oxygen atoms in total. The minimum atomic E-state index is 0.120. The van der Waals surface area contributed by atoms with E-state index < -0.39 is 0 Å². The number of hydrogen-bond donors (Lipinski definition) is 1. The van der Waals surface area contributed by atoms with Crippen molar-refractivity contribution in [1.82, 2.24) is 4.90 Å². The molecule has 1 aliphatic heterocycles. The van der Waals surface area contributed by atoms with Crippen LogP contribution in [-0.4, -0.2) is 30.6 Å². The van der Waals surface area contributed by atoms with Gasteiger partial charge < -0.3 is 10.6 Å². The highest BCUT2D eigenvalue weighted by Crippen LogP contribution is 2.40. The van der Waals surface area contributed by atoms with Crippen molar-refractivity contribution in [2.75, 3.05) is 20.1 Å². The summed E-state index contributed by atoms with van der Waals surface area (Å²) in [6.45, 7) is 2.29. The normalized spacial score (nSPS) is 29.8. The van der Waals surface area contributed by atoms with Crippen molar-refractivity contribution in [1.29, 1.82) is 0 Å². The van der Waals surface area contributed by atoms with Gasteiger partial charge in [0.25, 0.3) is 0 Å². The summed E-state index contributed by atoms with van der Waals surface area (Å²) in [5.74, 6) is 0. The highest BCUT2D eigenvalue weighted by atomic mass is 15.1. The fourth-order valence-electron chi connectivity index (χ4n) is 1.71. The topological polar surface area (TPSA) is 29.3 Å². The van der Waals surface area contributed by atoms with E-state index in [1.165, 1.54) is 31.4 Å². The van der Waals surface area contributed by atoms with Crippen molar-refractivity contribution in [3.8, 4) is 0 Å². The van der Waals surface area contributed by atoms with Gasteiger partial charge in [-0.1, -0.05) is 6.08 Å². The SMILES string of the molecule is CN1CCC=C(C2(N)CC2)C1. The zero-order valence-electron chi connectivity index (χ0n) is 7.14. The van der Waals surface area contributed by atoms with Crippen LogP contribution in [0.4, 0.5) is 0 Å². The average molecular weight is 152 g/mol. The van der Waals surface area contributed by atoms with Crippen LogP contribution in [0.25, 0.3) is 0 Å². The second-order valence-electron chi connectivity index (χ2n) is 3.91. The van der Waals surface area contributed by atoms with Crippen LogP contribution in [0.3, 0.4) is 0 Å². The molecule has 0 aromatic heterocycles. The number of nitrogens with zero attached hydrogens (tertiary/aromatic N) is 1. The number of likely N-dealkylation sites (N-methyl/N-ethyl adjacent to an activating group) is 1. The van der Waals surface area contributed by atoms with Crippen LogP contribution >= 0.6 is 0 Å². The summed E-state index contributed by atoms with van der Waals surface area (Å²) in [4.78, 5) is 2.35. The molecule has 0 amide bonds. The van der Waals surface area contributed by atoms with Crippen molar-refractivity contribution in [2.45, 2.75) is 24.8 Å². The molecule has 0 aromatic rings. The fraction of sp³-hybridized carbons (Fsp3) is 0.778. The Morgan fingerprint density at radius 3 is 2.82 bits per heavy atom. The van der Waals surface area contributed by atoms with Gasteiger partial charge in [-0.2, -0.15) is 0 Å². The first-order chi connectivity index (χ1) is 5.21. The molecule has 2 aliphatic rings. The third-order valence-electron chi connectivity index (χ3n) is 2.77. The van der Waals surface area contributed by atoms with Gasteiger partial charge in [-0.05, 0) is 31.9 Å². The lowest BCUT2D eigenvalue weighted by molar-refractivity contribution is 0.344. The highest BCUT2D eigenvalue weighted by molar-refractivity contribution is 5.29. The van der Waals surface area contributed by atoms with E-state index in [-0.39, 0.29) is 5.54 Å². The van der Waals surface area contributed by atoms with E-state index in [9.17, 15) is 0 Å². The maximum Gasteiger partial charge on any atom is 0.0383 e. The van der Waals surface area contributed by atoms with E-state index in [1.54, 1.807) is 0 Å². The molecule has 1 fully saturated rings. The molecule has 0 unspecified atom stereocenters. The van der Waals surface area contributed by atoms with Crippen LogP contribution in [-0.2, 0) is 0 Å². The Labute approximate surface area is 68.1 Å². The van der Waals surface area contributed by atoms with E-state index in [4.69, 9.17) is 5.73 Å². The van der Waals surface area contributed by atoms with Gasteiger partial charge >= 0.3 is 0 Å². The Balaban J connectivity index is 2.08. The van der Waals surface area contributed by atoms with Gasteiger partial charge in [-0.15, -0.1) is 0 Å². The molecule has 0 atom stereocenters.